The summed E-state index contributed by atoms with van der Waals surface area (Å²) in [7, 11) is 0. The van der Waals surface area contributed by atoms with Gasteiger partial charge in [0.25, 0.3) is 0 Å². The molecule has 0 radical (unpaired) electrons. The van der Waals surface area contributed by atoms with Crippen molar-refractivity contribution in [2.75, 3.05) is 0 Å². The minimum atomic E-state index is -0.435. The Morgan fingerprint density at radius 1 is 1.88 bits per heavy atom. The molecule has 4 nitrogen and oxygen atoms in total. The van der Waals surface area contributed by atoms with Gasteiger partial charge in [-0.3, -0.25) is 10.6 Å². The topological polar surface area (TPSA) is 73.3 Å². The zero-order chi connectivity index (χ0) is 5.86. The van der Waals surface area contributed by atoms with Crippen molar-refractivity contribution in [1.29, 1.82) is 5.41 Å². The Balaban J connectivity index is 0. The van der Waals surface area contributed by atoms with Crippen molar-refractivity contribution in [2.45, 2.75) is 0 Å². The minimum Gasteiger partial charge on any atom is -0.368 e. The summed E-state index contributed by atoms with van der Waals surface area (Å²) in [4.78, 5) is 0. The highest BCUT2D eigenvalue weighted by molar-refractivity contribution is 5.85. The molecule has 0 amide bonds. The van der Waals surface area contributed by atoms with Gasteiger partial charge >= 0.3 is 0 Å². The number of hydroxylamine groups is 2. The summed E-state index contributed by atoms with van der Waals surface area (Å²) in [5, 5.41) is 15.2. The fourth-order valence-corrected chi connectivity index (χ4v) is 0.0983. The molecule has 0 heterocycles. The second-order valence-corrected chi connectivity index (χ2v) is 0.912. The van der Waals surface area contributed by atoms with Crippen LogP contribution in [0.4, 0.5) is 0 Å². The van der Waals surface area contributed by atoms with E-state index in [0.717, 1.165) is 6.20 Å². The standard InChI is InChI=1S/C3H7N3O.ClH/c1-2-6(7)3(4)5;/h2,7H,1H2,(H3,4,5);1H. The molecular weight excluding hydrogens is 130 g/mol. The maximum absolute atomic E-state index is 8.30. The van der Waals surface area contributed by atoms with Gasteiger partial charge in [0.15, 0.2) is 0 Å². The van der Waals surface area contributed by atoms with Crippen molar-refractivity contribution in [1.82, 2.24) is 5.06 Å². The number of hydrogen-bond donors (Lipinski definition) is 3. The molecule has 8 heavy (non-hydrogen) atoms. The van der Waals surface area contributed by atoms with E-state index in [0.29, 0.717) is 5.06 Å². The van der Waals surface area contributed by atoms with E-state index in [2.05, 4.69) is 6.58 Å². The molecule has 0 atom stereocenters. The van der Waals surface area contributed by atoms with E-state index in [1.54, 1.807) is 0 Å². The first kappa shape index (κ1) is 10.3. The van der Waals surface area contributed by atoms with Crippen molar-refractivity contribution in [3.63, 3.8) is 0 Å². The average Bonchev–Trinajstić information content (AvgIpc) is 1.65. The Kier molecular flexibility index (Phi) is 5.68. The van der Waals surface area contributed by atoms with Gasteiger partial charge < -0.3 is 5.73 Å². The third-order valence-corrected chi connectivity index (χ3v) is 0.420. The van der Waals surface area contributed by atoms with E-state index in [4.69, 9.17) is 16.4 Å². The van der Waals surface area contributed by atoms with Crippen LogP contribution in [0.15, 0.2) is 12.8 Å². The molecule has 0 aliphatic carbocycles. The van der Waals surface area contributed by atoms with E-state index >= 15 is 0 Å². The second-order valence-electron chi connectivity index (χ2n) is 0.912. The quantitative estimate of drug-likeness (QED) is 0.273. The molecule has 48 valence electrons. The molecule has 0 saturated carbocycles. The number of nitrogens with one attached hydrogen (secondary N) is 1. The van der Waals surface area contributed by atoms with Crippen molar-refractivity contribution in [3.8, 4) is 0 Å². The Morgan fingerprint density at radius 2 is 2.25 bits per heavy atom. The van der Waals surface area contributed by atoms with Gasteiger partial charge in [-0.1, -0.05) is 6.58 Å². The van der Waals surface area contributed by atoms with Gasteiger partial charge in [0.2, 0.25) is 5.96 Å². The van der Waals surface area contributed by atoms with Gasteiger partial charge in [-0.25, -0.2) is 5.06 Å². The molecule has 4 N–H and O–H groups in total. The summed E-state index contributed by atoms with van der Waals surface area (Å²) in [6.45, 7) is 3.14. The van der Waals surface area contributed by atoms with Crippen molar-refractivity contribution in [3.05, 3.63) is 12.8 Å². The Morgan fingerprint density at radius 3 is 2.25 bits per heavy atom. The second kappa shape index (κ2) is 4.42. The fraction of sp³-hybridized carbons (Fsp3) is 0. The van der Waals surface area contributed by atoms with Crippen LogP contribution in [0.3, 0.4) is 0 Å². The SMILES string of the molecule is C=CN(O)C(=N)N.Cl. The first-order valence-electron chi connectivity index (χ1n) is 1.63. The normalized spacial score (nSPS) is 6.62. The number of halogens is 1. The van der Waals surface area contributed by atoms with Crippen LogP contribution >= 0.6 is 12.4 Å². The van der Waals surface area contributed by atoms with Crippen LogP contribution in [0, 0.1) is 5.41 Å². The van der Waals surface area contributed by atoms with Crippen LogP contribution in [-0.4, -0.2) is 16.2 Å². The van der Waals surface area contributed by atoms with Crippen LogP contribution in [0.5, 0.6) is 0 Å². The van der Waals surface area contributed by atoms with Crippen LogP contribution in [-0.2, 0) is 0 Å². The zero-order valence-corrected chi connectivity index (χ0v) is 4.98. The zero-order valence-electron chi connectivity index (χ0n) is 4.16. The Labute approximate surface area is 53.5 Å². The molecule has 0 rings (SSSR count). The first-order chi connectivity index (χ1) is 3.18. The minimum absolute atomic E-state index is 0. The summed E-state index contributed by atoms with van der Waals surface area (Å²) in [6, 6.07) is 0. The smallest absolute Gasteiger partial charge is 0.217 e. The van der Waals surface area contributed by atoms with Gasteiger partial charge in [-0.05, 0) is 0 Å². The number of guanidine groups is 1. The molecule has 0 aromatic heterocycles. The van der Waals surface area contributed by atoms with Crippen LogP contribution in [0.2, 0.25) is 0 Å². The molecule has 0 bridgehead atoms. The Bertz CT molecular complexity index is 94.5. The third kappa shape index (κ3) is 3.45. The van der Waals surface area contributed by atoms with Gasteiger partial charge in [-0.15, -0.1) is 12.4 Å². The highest BCUT2D eigenvalue weighted by atomic mass is 35.5. The molecule has 0 fully saturated rings. The average molecular weight is 138 g/mol. The highest BCUT2D eigenvalue weighted by Crippen LogP contribution is 1.73. The van der Waals surface area contributed by atoms with Crippen LogP contribution in [0.1, 0.15) is 0 Å². The maximum Gasteiger partial charge on any atom is 0.217 e. The number of nitrogens with zero attached hydrogens (tertiary/aromatic N) is 1. The summed E-state index contributed by atoms with van der Waals surface area (Å²) in [5.41, 5.74) is 4.73. The van der Waals surface area contributed by atoms with E-state index in [-0.39, 0.29) is 12.4 Å². The monoisotopic (exact) mass is 137 g/mol. The molecule has 0 aliphatic heterocycles. The van der Waals surface area contributed by atoms with E-state index in [1.807, 2.05) is 0 Å². The fourth-order valence-electron chi connectivity index (χ4n) is 0.0983. The summed E-state index contributed by atoms with van der Waals surface area (Å²) in [6.07, 6.45) is 1.03. The van der Waals surface area contributed by atoms with Gasteiger partial charge in [0, 0.05) is 6.20 Å². The van der Waals surface area contributed by atoms with E-state index in [1.165, 1.54) is 0 Å². The lowest BCUT2D eigenvalue weighted by Crippen LogP contribution is -2.28. The van der Waals surface area contributed by atoms with E-state index < -0.39 is 5.96 Å². The molecule has 0 aromatic rings. The molecule has 0 aromatic carbocycles. The largest absolute Gasteiger partial charge is 0.368 e. The lowest BCUT2D eigenvalue weighted by atomic mass is 10.9. The number of nitrogens with two attached hydrogens (primary N) is 1. The van der Waals surface area contributed by atoms with Crippen LogP contribution in [0.25, 0.3) is 0 Å². The first-order valence-corrected chi connectivity index (χ1v) is 1.63. The van der Waals surface area contributed by atoms with Gasteiger partial charge in [0.1, 0.15) is 0 Å². The van der Waals surface area contributed by atoms with Gasteiger partial charge in [0.05, 0.1) is 0 Å². The highest BCUT2D eigenvalue weighted by Gasteiger charge is 1.89. The Hall–Kier alpha value is -0.740. The summed E-state index contributed by atoms with van der Waals surface area (Å²) in [5.74, 6) is -0.435. The molecular formula is C3H8ClN3O. The van der Waals surface area contributed by atoms with Crippen molar-refractivity contribution >= 4 is 18.4 Å². The predicted molar refractivity (Wildman–Crippen MR) is 33.0 cm³/mol. The molecule has 0 saturated heterocycles. The van der Waals surface area contributed by atoms with Gasteiger partial charge in [-0.2, -0.15) is 0 Å². The molecule has 0 spiro atoms. The van der Waals surface area contributed by atoms with E-state index in [9.17, 15) is 0 Å². The van der Waals surface area contributed by atoms with Crippen molar-refractivity contribution < 1.29 is 5.21 Å². The number of hydrogen-bond acceptors (Lipinski definition) is 2. The molecule has 5 heteroatoms. The molecule has 0 unspecified atom stereocenters. The molecule has 0 aliphatic rings. The number of rotatable bonds is 1. The van der Waals surface area contributed by atoms with Crippen molar-refractivity contribution in [2.24, 2.45) is 5.73 Å². The third-order valence-electron chi connectivity index (χ3n) is 0.420. The maximum atomic E-state index is 8.30. The lowest BCUT2D eigenvalue weighted by molar-refractivity contribution is 0.0355. The summed E-state index contributed by atoms with van der Waals surface area (Å²) < 4.78 is 0. The summed E-state index contributed by atoms with van der Waals surface area (Å²) >= 11 is 0. The predicted octanol–water partition coefficient (Wildman–Crippen LogP) is 0.136. The van der Waals surface area contributed by atoms with Crippen LogP contribution < -0.4 is 5.73 Å². The lowest BCUT2D eigenvalue weighted by Gasteiger charge is -2.04.